The van der Waals surface area contributed by atoms with E-state index in [1.807, 2.05) is 38.1 Å². The van der Waals surface area contributed by atoms with Gasteiger partial charge in [-0.25, -0.2) is 12.8 Å². The first-order valence-corrected chi connectivity index (χ1v) is 12.6. The Morgan fingerprint density at radius 1 is 0.971 bits per heavy atom. The van der Waals surface area contributed by atoms with Gasteiger partial charge in [0.15, 0.2) is 0 Å². The zero-order valence-electron chi connectivity index (χ0n) is 19.5. The van der Waals surface area contributed by atoms with Crippen molar-refractivity contribution in [1.29, 1.82) is 0 Å². The highest BCUT2D eigenvalue weighted by Gasteiger charge is 2.28. The maximum atomic E-state index is 13.4. The van der Waals surface area contributed by atoms with E-state index in [2.05, 4.69) is 12.2 Å². The molecule has 0 heterocycles. The Bertz CT molecular complexity index is 1200. The molecule has 1 atom stereocenters. The molecule has 0 radical (unpaired) electrons. The molecular formula is C26H29FN2O4S. The van der Waals surface area contributed by atoms with E-state index in [1.54, 1.807) is 24.3 Å². The van der Waals surface area contributed by atoms with Gasteiger partial charge in [-0.15, -0.1) is 0 Å². The Morgan fingerprint density at radius 2 is 1.59 bits per heavy atom. The van der Waals surface area contributed by atoms with Gasteiger partial charge in [-0.2, -0.15) is 0 Å². The average Bonchev–Trinajstić information content (AvgIpc) is 2.83. The lowest BCUT2D eigenvalue weighted by molar-refractivity contribution is -0.120. The lowest BCUT2D eigenvalue weighted by Gasteiger charge is -2.25. The number of hydrogen-bond donors (Lipinski definition) is 1. The lowest BCUT2D eigenvalue weighted by atomic mass is 10.1. The monoisotopic (exact) mass is 484 g/mol. The van der Waals surface area contributed by atoms with Gasteiger partial charge >= 0.3 is 0 Å². The van der Waals surface area contributed by atoms with Crippen LogP contribution in [0.3, 0.4) is 0 Å². The van der Waals surface area contributed by atoms with E-state index < -0.39 is 28.3 Å². The minimum absolute atomic E-state index is 0.112. The summed E-state index contributed by atoms with van der Waals surface area (Å²) in [4.78, 5) is 12.8. The number of nitrogens with zero attached hydrogens (tertiary/aromatic N) is 1. The van der Waals surface area contributed by atoms with Crippen molar-refractivity contribution >= 4 is 21.6 Å². The van der Waals surface area contributed by atoms with Crippen molar-refractivity contribution in [2.75, 3.05) is 17.5 Å². The number of carbonyl (C=O) groups is 1. The van der Waals surface area contributed by atoms with Crippen molar-refractivity contribution in [2.45, 2.75) is 38.1 Å². The topological polar surface area (TPSA) is 75.7 Å². The molecule has 3 rings (SSSR count). The minimum Gasteiger partial charge on any atom is -0.494 e. The Labute approximate surface area is 200 Å². The Balaban J connectivity index is 1.86. The number of sulfonamides is 1. The molecule has 1 amide bonds. The van der Waals surface area contributed by atoms with Crippen LogP contribution in [-0.2, 0) is 21.2 Å². The molecular weight excluding hydrogens is 455 g/mol. The summed E-state index contributed by atoms with van der Waals surface area (Å²) in [6.45, 7) is 5.79. The highest BCUT2D eigenvalue weighted by Crippen LogP contribution is 2.26. The van der Waals surface area contributed by atoms with Crippen molar-refractivity contribution in [2.24, 2.45) is 0 Å². The van der Waals surface area contributed by atoms with Gasteiger partial charge in [0.1, 0.15) is 18.1 Å². The molecule has 0 aliphatic carbocycles. The lowest BCUT2D eigenvalue weighted by Crippen LogP contribution is -2.41. The number of hydrogen-bond acceptors (Lipinski definition) is 4. The summed E-state index contributed by atoms with van der Waals surface area (Å²) in [5, 5.41) is 2.87. The largest absolute Gasteiger partial charge is 0.494 e. The molecule has 0 saturated heterocycles. The number of aryl methyl sites for hydroxylation is 1. The van der Waals surface area contributed by atoms with E-state index in [0.717, 1.165) is 28.4 Å². The highest BCUT2D eigenvalue weighted by molar-refractivity contribution is 7.92. The fourth-order valence-corrected chi connectivity index (χ4v) is 4.89. The zero-order chi connectivity index (χ0) is 24.7. The molecule has 0 aliphatic heterocycles. The van der Waals surface area contributed by atoms with Gasteiger partial charge in [0.05, 0.1) is 23.2 Å². The molecule has 180 valence electrons. The van der Waals surface area contributed by atoms with Gasteiger partial charge in [0.2, 0.25) is 5.91 Å². The maximum absolute atomic E-state index is 13.4. The molecule has 3 aromatic carbocycles. The average molecular weight is 485 g/mol. The third-order valence-electron chi connectivity index (χ3n) is 5.39. The first kappa shape index (κ1) is 25.2. The molecule has 6 nitrogen and oxygen atoms in total. The molecule has 1 unspecified atom stereocenters. The number of halogens is 1. The molecule has 0 spiro atoms. The molecule has 0 saturated carbocycles. The second-order valence-corrected chi connectivity index (χ2v) is 9.64. The third kappa shape index (κ3) is 6.14. The molecule has 8 heteroatoms. The van der Waals surface area contributed by atoms with E-state index in [0.29, 0.717) is 18.0 Å². The second kappa shape index (κ2) is 11.2. The first-order chi connectivity index (χ1) is 16.2. The van der Waals surface area contributed by atoms with Crippen LogP contribution in [0, 0.1) is 5.82 Å². The van der Waals surface area contributed by atoms with E-state index in [9.17, 15) is 17.6 Å². The Morgan fingerprint density at radius 3 is 2.15 bits per heavy atom. The smallest absolute Gasteiger partial charge is 0.264 e. The predicted octanol–water partition coefficient (Wildman–Crippen LogP) is 4.86. The van der Waals surface area contributed by atoms with Gasteiger partial charge in [-0.1, -0.05) is 31.2 Å². The molecule has 34 heavy (non-hydrogen) atoms. The number of ether oxygens (including phenoxy) is 1. The third-order valence-corrected chi connectivity index (χ3v) is 7.18. The second-order valence-electron chi connectivity index (χ2n) is 7.78. The molecule has 0 fully saturated rings. The van der Waals surface area contributed by atoms with Crippen LogP contribution in [0.15, 0.2) is 77.7 Å². The zero-order valence-corrected chi connectivity index (χ0v) is 20.3. The fourth-order valence-electron chi connectivity index (χ4n) is 3.47. The highest BCUT2D eigenvalue weighted by atomic mass is 32.2. The van der Waals surface area contributed by atoms with E-state index >= 15 is 0 Å². The van der Waals surface area contributed by atoms with Crippen molar-refractivity contribution in [1.82, 2.24) is 5.32 Å². The number of nitrogens with one attached hydrogen (secondary N) is 1. The summed E-state index contributed by atoms with van der Waals surface area (Å²) in [6.07, 6.45) is 0.916. The number of carbonyl (C=O) groups excluding carboxylic acids is 1. The van der Waals surface area contributed by atoms with Crippen LogP contribution < -0.4 is 14.4 Å². The first-order valence-electron chi connectivity index (χ1n) is 11.1. The van der Waals surface area contributed by atoms with Crippen molar-refractivity contribution in [3.05, 3.63) is 89.7 Å². The SMILES string of the molecule is CCOc1ccc(N(CC(=O)NC(C)c2ccc(CC)cc2)S(=O)(=O)c2ccc(F)cc2)cc1. The van der Waals surface area contributed by atoms with E-state index in [-0.39, 0.29) is 10.9 Å². The molecule has 3 aromatic rings. The van der Waals surface area contributed by atoms with Gasteiger partial charge in [0.25, 0.3) is 10.0 Å². The maximum Gasteiger partial charge on any atom is 0.264 e. The minimum atomic E-state index is -4.14. The number of amides is 1. The van der Waals surface area contributed by atoms with Crippen LogP contribution in [0.1, 0.15) is 37.9 Å². The van der Waals surface area contributed by atoms with Crippen LogP contribution in [-0.4, -0.2) is 27.5 Å². The van der Waals surface area contributed by atoms with E-state index in [1.165, 1.54) is 17.7 Å². The standard InChI is InChI=1S/C26H29FN2O4S/c1-4-20-6-8-21(9-7-20)19(3)28-26(30)18-29(23-12-14-24(15-13-23)33-5-2)34(31,32)25-16-10-22(27)11-17-25/h6-17,19H,4-5,18H2,1-3H3,(H,28,30). The van der Waals surface area contributed by atoms with Crippen molar-refractivity contribution < 1.29 is 22.3 Å². The predicted molar refractivity (Wildman–Crippen MR) is 131 cm³/mol. The molecule has 0 aromatic heterocycles. The Kier molecular flexibility index (Phi) is 8.28. The van der Waals surface area contributed by atoms with Gasteiger partial charge in [-0.3, -0.25) is 9.10 Å². The summed E-state index contributed by atoms with van der Waals surface area (Å²) < 4.78 is 46.7. The summed E-state index contributed by atoms with van der Waals surface area (Å²) in [5.74, 6) is -0.433. The number of benzene rings is 3. The van der Waals surface area contributed by atoms with Gasteiger partial charge in [-0.05, 0) is 79.9 Å². The summed E-state index contributed by atoms with van der Waals surface area (Å²) >= 11 is 0. The summed E-state index contributed by atoms with van der Waals surface area (Å²) in [7, 11) is -4.14. The van der Waals surface area contributed by atoms with Crippen LogP contribution >= 0.6 is 0 Å². The van der Waals surface area contributed by atoms with Gasteiger partial charge < -0.3 is 10.1 Å². The molecule has 0 bridgehead atoms. The summed E-state index contributed by atoms with van der Waals surface area (Å²) in [5.41, 5.74) is 2.40. The number of anilines is 1. The number of rotatable bonds is 10. The molecule has 0 aliphatic rings. The van der Waals surface area contributed by atoms with Crippen LogP contribution in [0.5, 0.6) is 5.75 Å². The van der Waals surface area contributed by atoms with Crippen LogP contribution in [0.4, 0.5) is 10.1 Å². The molecule has 1 N–H and O–H groups in total. The Hall–Kier alpha value is -3.39. The fraction of sp³-hybridized carbons (Fsp3) is 0.269. The summed E-state index contributed by atoms with van der Waals surface area (Å²) in [6, 6.07) is 18.5. The quantitative estimate of drug-likeness (QED) is 0.446. The van der Waals surface area contributed by atoms with Gasteiger partial charge in [0, 0.05) is 0 Å². The normalized spacial score (nSPS) is 12.1. The van der Waals surface area contributed by atoms with Crippen molar-refractivity contribution in [3.63, 3.8) is 0 Å². The van der Waals surface area contributed by atoms with Crippen LogP contribution in [0.25, 0.3) is 0 Å². The van der Waals surface area contributed by atoms with Crippen LogP contribution in [0.2, 0.25) is 0 Å². The van der Waals surface area contributed by atoms with Crippen molar-refractivity contribution in [3.8, 4) is 5.75 Å². The van der Waals surface area contributed by atoms with E-state index in [4.69, 9.17) is 4.74 Å².